The molecule has 0 saturated carbocycles. The van der Waals surface area contributed by atoms with Gasteiger partial charge in [-0.2, -0.15) is 0 Å². The third kappa shape index (κ3) is 4.06. The van der Waals surface area contributed by atoms with Crippen molar-refractivity contribution in [2.45, 2.75) is 0 Å². The zero-order chi connectivity index (χ0) is 17.0. The van der Waals surface area contributed by atoms with Crippen LogP contribution in [0.25, 0.3) is 0 Å². The molecule has 0 bridgehead atoms. The third-order valence-electron chi connectivity index (χ3n) is 2.71. The molecule has 0 unspecified atom stereocenters. The highest BCUT2D eigenvalue weighted by molar-refractivity contribution is 5.95. The molecule has 1 N–H and O–H groups in total. The van der Waals surface area contributed by atoms with E-state index in [4.69, 9.17) is 0 Å². The highest BCUT2D eigenvalue weighted by atomic mass is 19.1. The fourth-order valence-electron chi connectivity index (χ4n) is 1.66. The first kappa shape index (κ1) is 16.5. The fourth-order valence-corrected chi connectivity index (χ4v) is 1.66. The van der Waals surface area contributed by atoms with Gasteiger partial charge in [0.1, 0.15) is 29.0 Å². The number of ether oxygens (including phenoxy) is 1. The third-order valence-corrected chi connectivity index (χ3v) is 2.71. The molecule has 0 atom stereocenters. The van der Waals surface area contributed by atoms with Crippen molar-refractivity contribution in [2.24, 2.45) is 0 Å². The molecule has 4 nitrogen and oxygen atoms in total. The Labute approximate surface area is 127 Å². The fraction of sp³-hybridized carbons (Fsp3) is 0.0667. The van der Waals surface area contributed by atoms with Gasteiger partial charge < -0.3 is 10.1 Å². The van der Waals surface area contributed by atoms with Gasteiger partial charge >= 0.3 is 5.97 Å². The van der Waals surface area contributed by atoms with E-state index in [0.29, 0.717) is 6.07 Å². The summed E-state index contributed by atoms with van der Waals surface area (Å²) in [5, 5.41) is 1.88. The summed E-state index contributed by atoms with van der Waals surface area (Å²) >= 11 is 0. The number of rotatable bonds is 4. The number of amides is 1. The predicted molar refractivity (Wildman–Crippen MR) is 71.6 cm³/mol. The Morgan fingerprint density at radius 2 is 1.61 bits per heavy atom. The molecule has 0 aliphatic carbocycles. The SMILES string of the molecule is O=C(COC(=O)c1cc(F)ccc1F)Nc1c(F)cccc1F. The van der Waals surface area contributed by atoms with Crippen molar-refractivity contribution in [3.63, 3.8) is 0 Å². The Morgan fingerprint density at radius 1 is 0.957 bits per heavy atom. The molecule has 0 fully saturated rings. The standard InChI is InChI=1S/C15H9F4NO3/c16-8-4-5-10(17)9(6-8)15(22)23-7-13(21)20-14-11(18)2-1-3-12(14)19/h1-6H,7H2,(H,20,21). The smallest absolute Gasteiger partial charge is 0.341 e. The Kier molecular flexibility index (Phi) is 4.95. The number of halogens is 4. The molecule has 0 spiro atoms. The largest absolute Gasteiger partial charge is 0.452 e. The maximum atomic E-state index is 13.3. The number of hydrogen-bond donors (Lipinski definition) is 1. The van der Waals surface area contributed by atoms with E-state index < -0.39 is 53.0 Å². The molecule has 120 valence electrons. The zero-order valence-electron chi connectivity index (χ0n) is 11.4. The molecule has 2 aromatic rings. The number of anilines is 1. The summed E-state index contributed by atoms with van der Waals surface area (Å²) < 4.78 is 57.4. The van der Waals surface area contributed by atoms with Gasteiger partial charge in [-0.15, -0.1) is 0 Å². The number of benzene rings is 2. The monoisotopic (exact) mass is 327 g/mol. The van der Waals surface area contributed by atoms with Crippen LogP contribution in [0.5, 0.6) is 0 Å². The Hall–Kier alpha value is -2.90. The predicted octanol–water partition coefficient (Wildman–Crippen LogP) is 3.04. The normalized spacial score (nSPS) is 10.3. The van der Waals surface area contributed by atoms with Gasteiger partial charge in [-0.25, -0.2) is 22.4 Å². The van der Waals surface area contributed by atoms with Crippen LogP contribution in [0.3, 0.4) is 0 Å². The second-order valence-electron chi connectivity index (χ2n) is 4.35. The minimum atomic E-state index is -1.29. The van der Waals surface area contributed by atoms with E-state index >= 15 is 0 Å². The molecular formula is C15H9F4NO3. The minimum absolute atomic E-state index is 0.603. The average molecular weight is 327 g/mol. The van der Waals surface area contributed by atoms with Crippen LogP contribution in [-0.2, 0) is 9.53 Å². The Balaban J connectivity index is 1.99. The number of hydrogen-bond acceptors (Lipinski definition) is 3. The van der Waals surface area contributed by atoms with E-state index in [-0.39, 0.29) is 0 Å². The van der Waals surface area contributed by atoms with E-state index in [9.17, 15) is 27.2 Å². The van der Waals surface area contributed by atoms with Gasteiger partial charge in [0.05, 0.1) is 5.56 Å². The molecule has 2 rings (SSSR count). The molecule has 0 radical (unpaired) electrons. The summed E-state index contributed by atoms with van der Waals surface area (Å²) in [6.07, 6.45) is 0. The van der Waals surface area contributed by atoms with Crippen molar-refractivity contribution in [1.29, 1.82) is 0 Å². The van der Waals surface area contributed by atoms with E-state index in [2.05, 4.69) is 4.74 Å². The number of nitrogens with one attached hydrogen (secondary N) is 1. The van der Waals surface area contributed by atoms with Crippen LogP contribution in [0.15, 0.2) is 36.4 Å². The van der Waals surface area contributed by atoms with E-state index in [1.54, 1.807) is 0 Å². The summed E-state index contributed by atoms with van der Waals surface area (Å²) in [4.78, 5) is 23.1. The maximum Gasteiger partial charge on any atom is 0.341 e. The highest BCUT2D eigenvalue weighted by Gasteiger charge is 2.17. The van der Waals surface area contributed by atoms with Gasteiger partial charge in [0.25, 0.3) is 5.91 Å². The van der Waals surface area contributed by atoms with Gasteiger partial charge in [0.2, 0.25) is 0 Å². The van der Waals surface area contributed by atoms with Crippen LogP contribution in [0.2, 0.25) is 0 Å². The van der Waals surface area contributed by atoms with Crippen LogP contribution in [-0.4, -0.2) is 18.5 Å². The molecule has 1 amide bonds. The lowest BCUT2D eigenvalue weighted by molar-refractivity contribution is -0.119. The van der Waals surface area contributed by atoms with Gasteiger partial charge in [-0.1, -0.05) is 6.07 Å². The Bertz CT molecular complexity index is 744. The van der Waals surface area contributed by atoms with E-state index in [1.807, 2.05) is 5.32 Å². The first-order valence-electron chi connectivity index (χ1n) is 6.24. The number of carbonyl (C=O) groups excluding carboxylic acids is 2. The van der Waals surface area contributed by atoms with Crippen molar-refractivity contribution < 1.29 is 31.9 Å². The second-order valence-corrected chi connectivity index (χ2v) is 4.35. The summed E-state index contributed by atoms with van der Waals surface area (Å²) in [6.45, 7) is -0.928. The summed E-state index contributed by atoms with van der Waals surface area (Å²) in [5.74, 6) is -6.25. The van der Waals surface area contributed by atoms with Gasteiger partial charge in [0.15, 0.2) is 6.61 Å². The zero-order valence-corrected chi connectivity index (χ0v) is 11.4. The number of carbonyl (C=O) groups is 2. The van der Waals surface area contributed by atoms with Crippen LogP contribution in [0.1, 0.15) is 10.4 Å². The first-order valence-corrected chi connectivity index (χ1v) is 6.24. The first-order chi connectivity index (χ1) is 10.9. The molecule has 8 heteroatoms. The molecule has 0 saturated heterocycles. The molecule has 2 aromatic carbocycles. The van der Waals surface area contributed by atoms with E-state index in [1.165, 1.54) is 0 Å². The van der Waals surface area contributed by atoms with Crippen molar-refractivity contribution in [1.82, 2.24) is 0 Å². The van der Waals surface area contributed by atoms with Gasteiger partial charge in [-0.05, 0) is 30.3 Å². The van der Waals surface area contributed by atoms with E-state index in [0.717, 1.165) is 30.3 Å². The number of esters is 1. The molecule has 0 aromatic heterocycles. The summed E-state index contributed by atoms with van der Waals surface area (Å²) in [6, 6.07) is 5.08. The quantitative estimate of drug-likeness (QED) is 0.694. The Morgan fingerprint density at radius 3 is 2.26 bits per heavy atom. The summed E-state index contributed by atoms with van der Waals surface area (Å²) in [5.41, 5.74) is -1.40. The van der Waals surface area contributed by atoms with Crippen molar-refractivity contribution >= 4 is 17.6 Å². The molecule has 0 heterocycles. The molecular weight excluding hydrogens is 318 g/mol. The topological polar surface area (TPSA) is 55.4 Å². The minimum Gasteiger partial charge on any atom is -0.452 e. The molecule has 23 heavy (non-hydrogen) atoms. The van der Waals surface area contributed by atoms with Crippen LogP contribution >= 0.6 is 0 Å². The van der Waals surface area contributed by atoms with Gasteiger partial charge in [0, 0.05) is 0 Å². The van der Waals surface area contributed by atoms with Crippen LogP contribution in [0.4, 0.5) is 23.2 Å². The van der Waals surface area contributed by atoms with Gasteiger partial charge in [-0.3, -0.25) is 4.79 Å². The lowest BCUT2D eigenvalue weighted by atomic mass is 10.2. The average Bonchev–Trinajstić information content (AvgIpc) is 2.51. The number of para-hydroxylation sites is 1. The second kappa shape index (κ2) is 6.91. The van der Waals surface area contributed by atoms with Crippen LogP contribution < -0.4 is 5.32 Å². The highest BCUT2D eigenvalue weighted by Crippen LogP contribution is 2.18. The summed E-state index contributed by atoms with van der Waals surface area (Å²) in [7, 11) is 0. The maximum absolute atomic E-state index is 13.3. The van der Waals surface area contributed by atoms with Crippen molar-refractivity contribution in [3.8, 4) is 0 Å². The lowest BCUT2D eigenvalue weighted by Crippen LogP contribution is -2.22. The van der Waals surface area contributed by atoms with Crippen LogP contribution in [0, 0.1) is 23.3 Å². The van der Waals surface area contributed by atoms with Crippen molar-refractivity contribution in [3.05, 3.63) is 65.2 Å². The van der Waals surface area contributed by atoms with Crippen molar-refractivity contribution in [2.75, 3.05) is 11.9 Å². The molecule has 0 aliphatic rings. The lowest BCUT2D eigenvalue weighted by Gasteiger charge is -2.08. The molecule has 0 aliphatic heterocycles.